The Hall–Kier alpha value is -3.25. The number of Topliss-reactive ketones (excluding diaryl/α,β-unsaturated/α-hetero) is 1. The second-order valence-corrected chi connectivity index (χ2v) is 6.01. The summed E-state index contributed by atoms with van der Waals surface area (Å²) in [6, 6.07) is 19.1. The van der Waals surface area contributed by atoms with E-state index in [0.717, 1.165) is 16.9 Å². The lowest BCUT2D eigenvalue weighted by molar-refractivity contribution is 0.101. The molecule has 0 fully saturated rings. The predicted molar refractivity (Wildman–Crippen MR) is 108 cm³/mol. The minimum Gasteiger partial charge on any atom is -0.383 e. The van der Waals surface area contributed by atoms with Crippen LogP contribution in [-0.4, -0.2) is 36.0 Å². The van der Waals surface area contributed by atoms with E-state index < -0.39 is 0 Å². The van der Waals surface area contributed by atoms with Crippen LogP contribution < -0.4 is 10.6 Å². The highest BCUT2D eigenvalue weighted by atomic mass is 16.5. The van der Waals surface area contributed by atoms with Crippen LogP contribution in [0.1, 0.15) is 17.3 Å². The molecule has 0 aliphatic heterocycles. The quantitative estimate of drug-likeness (QED) is 0.463. The van der Waals surface area contributed by atoms with Crippen LogP contribution in [-0.2, 0) is 4.74 Å². The zero-order valence-corrected chi connectivity index (χ0v) is 15.4. The Morgan fingerprint density at radius 3 is 2.59 bits per heavy atom. The summed E-state index contributed by atoms with van der Waals surface area (Å²) in [5, 5.41) is 6.44. The number of hydrogen-bond donors (Lipinski definition) is 2. The fraction of sp³-hybridized carbons (Fsp3) is 0.190. The minimum absolute atomic E-state index is 0.0215. The number of carbonyl (C=O) groups excluding carboxylic acids is 1. The van der Waals surface area contributed by atoms with E-state index in [1.165, 1.54) is 0 Å². The minimum atomic E-state index is 0.0215. The number of rotatable bonds is 8. The van der Waals surface area contributed by atoms with E-state index in [2.05, 4.69) is 20.6 Å². The molecule has 0 atom stereocenters. The molecule has 27 heavy (non-hydrogen) atoms. The van der Waals surface area contributed by atoms with Crippen LogP contribution in [0.2, 0.25) is 0 Å². The molecule has 138 valence electrons. The number of hydrogen-bond acceptors (Lipinski definition) is 6. The van der Waals surface area contributed by atoms with Crippen molar-refractivity contribution in [2.45, 2.75) is 6.92 Å². The van der Waals surface area contributed by atoms with Crippen molar-refractivity contribution in [2.75, 3.05) is 30.9 Å². The summed E-state index contributed by atoms with van der Waals surface area (Å²) in [5.74, 6) is 1.18. The van der Waals surface area contributed by atoms with Gasteiger partial charge in [-0.25, -0.2) is 4.98 Å². The lowest BCUT2D eigenvalue weighted by Gasteiger charge is -2.12. The van der Waals surface area contributed by atoms with Crippen molar-refractivity contribution in [3.05, 3.63) is 66.2 Å². The maximum absolute atomic E-state index is 11.6. The fourth-order valence-electron chi connectivity index (χ4n) is 2.58. The van der Waals surface area contributed by atoms with E-state index >= 15 is 0 Å². The number of nitrogens with one attached hydrogen (secondary N) is 2. The third-order valence-corrected chi connectivity index (χ3v) is 3.93. The van der Waals surface area contributed by atoms with E-state index in [4.69, 9.17) is 4.74 Å². The monoisotopic (exact) mass is 362 g/mol. The Labute approximate surface area is 158 Å². The first-order valence-electron chi connectivity index (χ1n) is 8.71. The molecule has 0 unspecified atom stereocenters. The zero-order chi connectivity index (χ0) is 19.1. The lowest BCUT2D eigenvalue weighted by Crippen LogP contribution is -2.11. The Morgan fingerprint density at radius 1 is 1.04 bits per heavy atom. The third kappa shape index (κ3) is 5.12. The lowest BCUT2D eigenvalue weighted by atomic mass is 10.1. The maximum atomic E-state index is 11.6. The van der Waals surface area contributed by atoms with Gasteiger partial charge in [-0.3, -0.25) is 4.79 Å². The van der Waals surface area contributed by atoms with Crippen molar-refractivity contribution in [2.24, 2.45) is 0 Å². The molecule has 1 heterocycles. The highest BCUT2D eigenvalue weighted by molar-refractivity contribution is 5.95. The van der Waals surface area contributed by atoms with Crippen molar-refractivity contribution < 1.29 is 9.53 Å². The SMILES string of the molecule is COCCNc1nc(Nc2cccc(C(C)=O)c2)cc(-c2ccccc2)n1. The summed E-state index contributed by atoms with van der Waals surface area (Å²) >= 11 is 0. The Balaban J connectivity index is 1.92. The molecule has 3 aromatic rings. The highest BCUT2D eigenvalue weighted by Gasteiger charge is 2.08. The molecule has 2 aromatic carbocycles. The molecule has 0 aliphatic rings. The third-order valence-electron chi connectivity index (χ3n) is 3.93. The first kappa shape index (κ1) is 18.5. The second-order valence-electron chi connectivity index (χ2n) is 6.01. The molecule has 0 saturated carbocycles. The molecule has 0 spiro atoms. The first-order chi connectivity index (χ1) is 13.2. The first-order valence-corrected chi connectivity index (χ1v) is 8.71. The smallest absolute Gasteiger partial charge is 0.225 e. The average molecular weight is 362 g/mol. The molecule has 6 heteroatoms. The summed E-state index contributed by atoms with van der Waals surface area (Å²) in [5.41, 5.74) is 3.24. The molecule has 0 aliphatic carbocycles. The molecule has 6 nitrogen and oxygen atoms in total. The van der Waals surface area contributed by atoms with Crippen LogP contribution in [0.25, 0.3) is 11.3 Å². The van der Waals surface area contributed by atoms with Crippen LogP contribution in [0.15, 0.2) is 60.7 Å². The maximum Gasteiger partial charge on any atom is 0.225 e. The van der Waals surface area contributed by atoms with Crippen molar-refractivity contribution >= 4 is 23.2 Å². The van der Waals surface area contributed by atoms with E-state index in [-0.39, 0.29) is 5.78 Å². The van der Waals surface area contributed by atoms with Crippen LogP contribution in [0.3, 0.4) is 0 Å². The van der Waals surface area contributed by atoms with Crippen molar-refractivity contribution in [1.29, 1.82) is 0 Å². The van der Waals surface area contributed by atoms with Gasteiger partial charge in [-0.15, -0.1) is 0 Å². The Kier molecular flexibility index (Phi) is 6.12. The van der Waals surface area contributed by atoms with Gasteiger partial charge in [0.15, 0.2) is 5.78 Å². The van der Waals surface area contributed by atoms with Gasteiger partial charge in [-0.1, -0.05) is 42.5 Å². The van der Waals surface area contributed by atoms with Gasteiger partial charge >= 0.3 is 0 Å². The van der Waals surface area contributed by atoms with E-state index in [0.29, 0.717) is 30.5 Å². The zero-order valence-electron chi connectivity index (χ0n) is 15.4. The standard InChI is InChI=1S/C21H22N4O2/c1-15(26)17-9-6-10-18(13-17)23-20-14-19(16-7-4-3-5-8-16)24-21(25-20)22-11-12-27-2/h3-10,13-14H,11-12H2,1-2H3,(H2,22,23,24,25). The van der Waals surface area contributed by atoms with Crippen molar-refractivity contribution in [3.63, 3.8) is 0 Å². The van der Waals surface area contributed by atoms with Gasteiger partial charge in [0, 0.05) is 36.5 Å². The van der Waals surface area contributed by atoms with Gasteiger partial charge < -0.3 is 15.4 Å². The number of ether oxygens (including phenoxy) is 1. The number of methoxy groups -OCH3 is 1. The number of anilines is 3. The molecule has 1 aromatic heterocycles. The van der Waals surface area contributed by atoms with E-state index in [1.807, 2.05) is 54.6 Å². The van der Waals surface area contributed by atoms with Gasteiger partial charge in [0.05, 0.1) is 12.3 Å². The van der Waals surface area contributed by atoms with E-state index in [9.17, 15) is 4.79 Å². The van der Waals surface area contributed by atoms with Crippen LogP contribution in [0, 0.1) is 0 Å². The van der Waals surface area contributed by atoms with Gasteiger partial charge in [-0.05, 0) is 19.1 Å². The summed E-state index contributed by atoms with van der Waals surface area (Å²) < 4.78 is 5.07. The van der Waals surface area contributed by atoms with Crippen LogP contribution in [0.5, 0.6) is 0 Å². The molecular formula is C21H22N4O2. The summed E-state index contributed by atoms with van der Waals surface area (Å²) in [7, 11) is 1.65. The van der Waals surface area contributed by atoms with Gasteiger partial charge in [0.25, 0.3) is 0 Å². The molecular weight excluding hydrogens is 340 g/mol. The van der Waals surface area contributed by atoms with Crippen molar-refractivity contribution in [3.8, 4) is 11.3 Å². The largest absolute Gasteiger partial charge is 0.383 e. The second kappa shape index (κ2) is 8.91. The van der Waals surface area contributed by atoms with Crippen molar-refractivity contribution in [1.82, 2.24) is 9.97 Å². The number of carbonyl (C=O) groups is 1. The van der Waals surface area contributed by atoms with Gasteiger partial charge in [-0.2, -0.15) is 4.98 Å². The number of nitrogens with zero attached hydrogens (tertiary/aromatic N) is 2. The summed E-state index contributed by atoms with van der Waals surface area (Å²) in [6.45, 7) is 2.71. The van der Waals surface area contributed by atoms with Crippen LogP contribution in [0.4, 0.5) is 17.5 Å². The molecule has 0 radical (unpaired) electrons. The molecule has 2 N–H and O–H groups in total. The Morgan fingerprint density at radius 2 is 1.85 bits per heavy atom. The molecule has 0 bridgehead atoms. The Bertz CT molecular complexity index is 913. The topological polar surface area (TPSA) is 76.1 Å². The van der Waals surface area contributed by atoms with Gasteiger partial charge in [0.2, 0.25) is 5.95 Å². The van der Waals surface area contributed by atoms with E-state index in [1.54, 1.807) is 20.1 Å². The normalized spacial score (nSPS) is 10.4. The number of aromatic nitrogens is 2. The highest BCUT2D eigenvalue weighted by Crippen LogP contribution is 2.24. The predicted octanol–water partition coefficient (Wildman–Crippen LogP) is 4.15. The summed E-state index contributed by atoms with van der Waals surface area (Å²) in [4.78, 5) is 20.7. The van der Waals surface area contributed by atoms with Gasteiger partial charge in [0.1, 0.15) is 5.82 Å². The molecule has 0 amide bonds. The average Bonchev–Trinajstić information content (AvgIpc) is 2.69. The molecule has 3 rings (SSSR count). The number of ketones is 1. The molecule has 0 saturated heterocycles. The fourth-order valence-corrected chi connectivity index (χ4v) is 2.58. The summed E-state index contributed by atoms with van der Waals surface area (Å²) in [6.07, 6.45) is 0. The number of benzene rings is 2. The van der Waals surface area contributed by atoms with Crippen LogP contribution >= 0.6 is 0 Å².